The Balaban J connectivity index is 1.51. The topological polar surface area (TPSA) is 65.4 Å². The molecule has 1 N–H and O–H groups in total. The monoisotopic (exact) mass is 419 g/mol. The van der Waals surface area contributed by atoms with E-state index < -0.39 is 0 Å². The molecule has 1 amide bonds. The van der Waals surface area contributed by atoms with E-state index in [1.54, 1.807) is 19.3 Å². The Bertz CT molecular complexity index is 1020. The van der Waals surface area contributed by atoms with Gasteiger partial charge in [-0.25, -0.2) is 0 Å². The molecule has 3 rings (SSSR count). The number of aryl methyl sites for hydroxylation is 3. The van der Waals surface area contributed by atoms with Crippen LogP contribution in [0, 0.1) is 13.8 Å². The van der Waals surface area contributed by atoms with Crippen molar-refractivity contribution in [3.05, 3.63) is 83.2 Å². The van der Waals surface area contributed by atoms with Gasteiger partial charge < -0.3 is 14.8 Å². The Kier molecular flexibility index (Phi) is 7.87. The van der Waals surface area contributed by atoms with Gasteiger partial charge in [0.1, 0.15) is 18.1 Å². The number of amides is 1. The van der Waals surface area contributed by atoms with Gasteiger partial charge in [0.15, 0.2) is 0 Å². The average molecular weight is 420 g/mol. The van der Waals surface area contributed by atoms with Crippen LogP contribution in [-0.4, -0.2) is 29.3 Å². The fraction of sp³-hybridized carbons (Fsp3) is 0.280. The van der Waals surface area contributed by atoms with Gasteiger partial charge in [-0.05, 0) is 62.2 Å². The third kappa shape index (κ3) is 7.03. The highest BCUT2D eigenvalue weighted by Crippen LogP contribution is 2.23. The third-order valence-corrected chi connectivity index (χ3v) is 4.78. The van der Waals surface area contributed by atoms with Crippen LogP contribution in [0.3, 0.4) is 0 Å². The highest BCUT2D eigenvalue weighted by Gasteiger charge is 2.06. The van der Waals surface area contributed by atoms with Gasteiger partial charge in [-0.3, -0.25) is 9.48 Å². The first kappa shape index (κ1) is 22.2. The second-order valence-electron chi connectivity index (χ2n) is 7.37. The second-order valence-corrected chi connectivity index (χ2v) is 7.37. The minimum absolute atomic E-state index is 0.120. The molecule has 0 saturated carbocycles. The van der Waals surface area contributed by atoms with Crippen LogP contribution >= 0.6 is 0 Å². The highest BCUT2D eigenvalue weighted by molar-refractivity contribution is 5.91. The van der Waals surface area contributed by atoms with Crippen LogP contribution < -0.4 is 14.8 Å². The van der Waals surface area contributed by atoms with Gasteiger partial charge in [0.05, 0.1) is 12.8 Å². The lowest BCUT2D eigenvalue weighted by atomic mass is 10.1. The van der Waals surface area contributed by atoms with Crippen LogP contribution in [0.4, 0.5) is 0 Å². The molecular weight excluding hydrogens is 390 g/mol. The molecule has 1 heterocycles. The molecule has 31 heavy (non-hydrogen) atoms. The number of carbonyl (C=O) groups excluding carboxylic acids is 1. The Labute approximate surface area is 183 Å². The standard InChI is InChI=1S/C25H29N3O3/c1-19-5-9-23(10-6-19)31-18-22-17-21(7-11-24(22)30-3)8-12-25(29)26-14-4-15-28-16-13-20(2)27-28/h5-13,16-17H,4,14-15,18H2,1-3H3,(H,26,29)/b12-8+. The minimum atomic E-state index is -0.120. The van der Waals surface area contributed by atoms with Crippen LogP contribution in [-0.2, 0) is 17.9 Å². The number of nitrogens with one attached hydrogen (secondary N) is 1. The van der Waals surface area contributed by atoms with Crippen molar-refractivity contribution in [2.45, 2.75) is 33.4 Å². The summed E-state index contributed by atoms with van der Waals surface area (Å²) in [6, 6.07) is 15.7. The molecule has 0 aliphatic heterocycles. The summed E-state index contributed by atoms with van der Waals surface area (Å²) in [5.41, 5.74) is 4.01. The normalized spacial score (nSPS) is 10.9. The van der Waals surface area contributed by atoms with E-state index >= 15 is 0 Å². The molecule has 0 aliphatic carbocycles. The zero-order chi connectivity index (χ0) is 22.1. The molecule has 6 heteroatoms. The molecule has 3 aromatic rings. The molecule has 162 valence electrons. The molecule has 2 aromatic carbocycles. The van der Waals surface area contributed by atoms with Gasteiger partial charge in [0, 0.05) is 30.9 Å². The predicted molar refractivity (Wildman–Crippen MR) is 122 cm³/mol. The van der Waals surface area contributed by atoms with Gasteiger partial charge in [0.25, 0.3) is 0 Å². The molecule has 0 bridgehead atoms. The number of methoxy groups -OCH3 is 1. The van der Waals surface area contributed by atoms with E-state index in [9.17, 15) is 4.79 Å². The van der Waals surface area contributed by atoms with E-state index in [1.165, 1.54) is 5.56 Å². The SMILES string of the molecule is COc1ccc(/C=C/C(=O)NCCCn2ccc(C)n2)cc1COc1ccc(C)cc1. The first-order valence-electron chi connectivity index (χ1n) is 10.4. The number of rotatable bonds is 10. The fourth-order valence-corrected chi connectivity index (χ4v) is 3.08. The molecule has 0 spiro atoms. The van der Waals surface area contributed by atoms with Crippen LogP contribution in [0.25, 0.3) is 6.08 Å². The molecule has 0 aliphatic rings. The van der Waals surface area contributed by atoms with Gasteiger partial charge in [-0.2, -0.15) is 5.10 Å². The maximum atomic E-state index is 12.1. The maximum absolute atomic E-state index is 12.1. The number of hydrogen-bond donors (Lipinski definition) is 1. The van der Waals surface area contributed by atoms with E-state index in [1.807, 2.05) is 73.3 Å². The van der Waals surface area contributed by atoms with E-state index in [2.05, 4.69) is 10.4 Å². The van der Waals surface area contributed by atoms with Gasteiger partial charge in [-0.15, -0.1) is 0 Å². The Morgan fingerprint density at radius 2 is 1.94 bits per heavy atom. The first-order chi connectivity index (χ1) is 15.0. The van der Waals surface area contributed by atoms with Crippen LogP contribution in [0.2, 0.25) is 0 Å². The van der Waals surface area contributed by atoms with Crippen LogP contribution in [0.5, 0.6) is 11.5 Å². The average Bonchev–Trinajstić information content (AvgIpc) is 3.20. The highest BCUT2D eigenvalue weighted by atomic mass is 16.5. The van der Waals surface area contributed by atoms with Gasteiger partial charge >= 0.3 is 0 Å². The summed E-state index contributed by atoms with van der Waals surface area (Å²) in [5, 5.41) is 7.24. The number of carbonyl (C=O) groups is 1. The van der Waals surface area contributed by atoms with Crippen molar-refractivity contribution in [2.75, 3.05) is 13.7 Å². The van der Waals surface area contributed by atoms with Crippen molar-refractivity contribution in [1.82, 2.24) is 15.1 Å². The van der Waals surface area contributed by atoms with Gasteiger partial charge in [0.2, 0.25) is 5.91 Å². The zero-order valence-corrected chi connectivity index (χ0v) is 18.3. The number of ether oxygens (including phenoxy) is 2. The van der Waals surface area contributed by atoms with Crippen molar-refractivity contribution in [2.24, 2.45) is 0 Å². The molecule has 1 aromatic heterocycles. The first-order valence-corrected chi connectivity index (χ1v) is 10.4. The fourth-order valence-electron chi connectivity index (χ4n) is 3.08. The summed E-state index contributed by atoms with van der Waals surface area (Å²) >= 11 is 0. The summed E-state index contributed by atoms with van der Waals surface area (Å²) in [7, 11) is 1.64. The molecule has 6 nitrogen and oxygen atoms in total. The van der Waals surface area contributed by atoms with Crippen molar-refractivity contribution in [3.63, 3.8) is 0 Å². The molecule has 0 atom stereocenters. The van der Waals surface area contributed by atoms with Crippen molar-refractivity contribution >= 4 is 12.0 Å². The van der Waals surface area contributed by atoms with E-state index in [0.717, 1.165) is 41.3 Å². The molecule has 0 unspecified atom stereocenters. The quantitative estimate of drug-likeness (QED) is 0.393. The lowest BCUT2D eigenvalue weighted by molar-refractivity contribution is -0.116. The zero-order valence-electron chi connectivity index (χ0n) is 18.3. The number of hydrogen-bond acceptors (Lipinski definition) is 4. The predicted octanol–water partition coefficient (Wildman–Crippen LogP) is 4.31. The number of benzene rings is 2. The van der Waals surface area contributed by atoms with Crippen LogP contribution in [0.1, 0.15) is 28.8 Å². The summed E-state index contributed by atoms with van der Waals surface area (Å²) < 4.78 is 13.2. The summed E-state index contributed by atoms with van der Waals surface area (Å²) in [6.45, 7) is 5.76. The molecule has 0 radical (unpaired) electrons. The summed E-state index contributed by atoms with van der Waals surface area (Å²) in [4.78, 5) is 12.1. The number of aromatic nitrogens is 2. The molecular formula is C25H29N3O3. The maximum Gasteiger partial charge on any atom is 0.244 e. The molecule has 0 fully saturated rings. The Morgan fingerprint density at radius 1 is 1.13 bits per heavy atom. The Hall–Kier alpha value is -3.54. The second kappa shape index (κ2) is 11.0. The lowest BCUT2D eigenvalue weighted by Gasteiger charge is -2.11. The summed E-state index contributed by atoms with van der Waals surface area (Å²) in [6.07, 6.45) is 6.11. The smallest absolute Gasteiger partial charge is 0.244 e. The number of nitrogens with zero attached hydrogens (tertiary/aromatic N) is 2. The largest absolute Gasteiger partial charge is 0.496 e. The van der Waals surface area contributed by atoms with E-state index in [4.69, 9.17) is 9.47 Å². The lowest BCUT2D eigenvalue weighted by Crippen LogP contribution is -2.23. The Morgan fingerprint density at radius 3 is 2.65 bits per heavy atom. The van der Waals surface area contributed by atoms with Crippen LogP contribution in [0.15, 0.2) is 60.8 Å². The van der Waals surface area contributed by atoms with Crippen molar-refractivity contribution in [3.8, 4) is 11.5 Å². The van der Waals surface area contributed by atoms with E-state index in [-0.39, 0.29) is 5.91 Å². The van der Waals surface area contributed by atoms with Crippen molar-refractivity contribution in [1.29, 1.82) is 0 Å². The third-order valence-electron chi connectivity index (χ3n) is 4.78. The van der Waals surface area contributed by atoms with Gasteiger partial charge in [-0.1, -0.05) is 23.8 Å². The molecule has 0 saturated heterocycles. The van der Waals surface area contributed by atoms with E-state index in [0.29, 0.717) is 13.2 Å². The summed E-state index contributed by atoms with van der Waals surface area (Å²) in [5.74, 6) is 1.44. The van der Waals surface area contributed by atoms with Crippen molar-refractivity contribution < 1.29 is 14.3 Å². The minimum Gasteiger partial charge on any atom is -0.496 e.